The molecule has 0 saturated heterocycles. The number of carbonyl (C=O) groups is 2. The molecule has 0 aliphatic rings. The maximum Gasteiger partial charge on any atom is 0.472 e. The van der Waals surface area contributed by atoms with E-state index >= 15 is 0 Å². The Labute approximate surface area is 363 Å². The third-order valence-corrected chi connectivity index (χ3v) is 9.87. The second-order valence-electron chi connectivity index (χ2n) is 14.3. The first-order chi connectivity index (χ1) is 29.2. The fraction of sp³-hybridized carbons (Fsp3) is 0.636. The molecule has 0 aromatic carbocycles. The van der Waals surface area contributed by atoms with Crippen molar-refractivity contribution in [2.75, 3.05) is 26.4 Å². The molecule has 0 saturated carbocycles. The predicted molar refractivity (Wildman–Crippen MR) is 237 cm³/mol. The van der Waals surface area contributed by atoms with E-state index in [1.807, 2.05) is 37.3 Å². The number of phosphoric acid groups is 2. The normalized spacial score (nSPS) is 15.9. The Morgan fingerprint density at radius 1 is 0.557 bits per heavy atom. The molecule has 0 radical (unpaired) electrons. The summed E-state index contributed by atoms with van der Waals surface area (Å²) in [6.07, 6.45) is 36.6. The highest BCUT2D eigenvalue weighted by Crippen LogP contribution is 2.43. The van der Waals surface area contributed by atoms with Crippen molar-refractivity contribution in [2.24, 2.45) is 0 Å². The van der Waals surface area contributed by atoms with Gasteiger partial charge in [0.1, 0.15) is 12.7 Å². The van der Waals surface area contributed by atoms with Crippen LogP contribution in [-0.4, -0.2) is 92.8 Å². The molecule has 0 aromatic rings. The molecule has 15 nitrogen and oxygen atoms in total. The minimum Gasteiger partial charge on any atom is -0.462 e. The van der Waals surface area contributed by atoms with Gasteiger partial charge in [-0.05, 0) is 64.2 Å². The van der Waals surface area contributed by atoms with Gasteiger partial charge in [-0.1, -0.05) is 137 Å². The van der Waals surface area contributed by atoms with Crippen LogP contribution in [0.5, 0.6) is 0 Å². The van der Waals surface area contributed by atoms with E-state index in [2.05, 4.69) is 28.1 Å². The van der Waals surface area contributed by atoms with Crippen LogP contribution in [-0.2, 0) is 41.8 Å². The van der Waals surface area contributed by atoms with Crippen LogP contribution in [0.25, 0.3) is 0 Å². The Balaban J connectivity index is 4.79. The van der Waals surface area contributed by atoms with Gasteiger partial charge in [-0.2, -0.15) is 0 Å². The summed E-state index contributed by atoms with van der Waals surface area (Å²) < 4.78 is 47.6. The summed E-state index contributed by atoms with van der Waals surface area (Å²) in [4.78, 5) is 52.6. The van der Waals surface area contributed by atoms with E-state index in [1.54, 1.807) is 42.5 Å². The Morgan fingerprint density at radius 2 is 1.10 bits per heavy atom. The quantitative estimate of drug-likeness (QED) is 0.0111. The van der Waals surface area contributed by atoms with Crippen molar-refractivity contribution < 1.29 is 71.8 Å². The summed E-state index contributed by atoms with van der Waals surface area (Å²) in [6, 6.07) is 0. The van der Waals surface area contributed by atoms with Gasteiger partial charge in [-0.3, -0.25) is 23.2 Å². The topological polar surface area (TPSA) is 236 Å². The van der Waals surface area contributed by atoms with Gasteiger partial charge in [-0.15, -0.1) is 0 Å². The average Bonchev–Trinajstić information content (AvgIpc) is 3.21. The van der Waals surface area contributed by atoms with Gasteiger partial charge < -0.3 is 39.5 Å². The molecule has 0 aromatic heterocycles. The molecular formula is C44H74O15P2. The van der Waals surface area contributed by atoms with Crippen LogP contribution in [0.2, 0.25) is 0 Å². The zero-order chi connectivity index (χ0) is 45.5. The van der Waals surface area contributed by atoms with Crippen LogP contribution in [0.4, 0.5) is 0 Å². The Hall–Kier alpha value is -2.78. The number of rotatable bonds is 39. The van der Waals surface area contributed by atoms with E-state index in [0.717, 1.165) is 44.9 Å². The van der Waals surface area contributed by atoms with Crippen LogP contribution >= 0.6 is 15.6 Å². The van der Waals surface area contributed by atoms with Gasteiger partial charge >= 0.3 is 27.6 Å². The average molecular weight is 905 g/mol. The van der Waals surface area contributed by atoms with Crippen molar-refractivity contribution in [1.29, 1.82) is 0 Å². The molecular weight excluding hydrogens is 830 g/mol. The van der Waals surface area contributed by atoms with Crippen molar-refractivity contribution in [2.45, 2.75) is 154 Å². The van der Waals surface area contributed by atoms with Crippen molar-refractivity contribution >= 4 is 27.6 Å². The lowest BCUT2D eigenvalue weighted by molar-refractivity contribution is -0.161. The molecule has 0 aliphatic heterocycles. The maximum absolute atomic E-state index is 12.6. The van der Waals surface area contributed by atoms with Gasteiger partial charge in [-0.25, -0.2) is 9.13 Å². The van der Waals surface area contributed by atoms with E-state index in [9.17, 15) is 38.9 Å². The Morgan fingerprint density at radius 3 is 1.72 bits per heavy atom. The second kappa shape index (κ2) is 38.9. The van der Waals surface area contributed by atoms with E-state index in [1.165, 1.54) is 25.7 Å². The van der Waals surface area contributed by atoms with E-state index in [4.69, 9.17) is 23.8 Å². The van der Waals surface area contributed by atoms with Crippen LogP contribution < -0.4 is 0 Å². The van der Waals surface area contributed by atoms with Gasteiger partial charge in [0, 0.05) is 12.8 Å². The van der Waals surface area contributed by atoms with Crippen LogP contribution in [0, 0.1) is 0 Å². The highest BCUT2D eigenvalue weighted by atomic mass is 31.2. The fourth-order valence-electron chi connectivity index (χ4n) is 5.13. The fourth-order valence-corrected chi connectivity index (χ4v) is 6.29. The van der Waals surface area contributed by atoms with E-state index in [-0.39, 0.29) is 12.8 Å². The summed E-state index contributed by atoms with van der Waals surface area (Å²) in [7, 11) is -9.75. The number of unbranched alkanes of at least 4 members (excludes halogenated alkanes) is 9. The molecule has 0 heterocycles. The monoisotopic (exact) mass is 904 g/mol. The highest BCUT2D eigenvalue weighted by molar-refractivity contribution is 7.47. The molecule has 350 valence electrons. The predicted octanol–water partition coefficient (Wildman–Crippen LogP) is 8.72. The zero-order valence-corrected chi connectivity index (χ0v) is 38.0. The summed E-state index contributed by atoms with van der Waals surface area (Å²) in [6.45, 7) is 1.32. The minimum absolute atomic E-state index is 0.0560. The van der Waals surface area contributed by atoms with Crippen molar-refractivity contribution in [3.63, 3.8) is 0 Å². The number of hydrogen-bond donors (Lipinski definition) is 6. The standard InChI is InChI=1S/C44H74O15P2/c1-3-5-7-8-9-10-11-12-13-14-15-19-27-33-43(48)55-37-42(38-58-61(53,54)57-36-41(47)35-56-60(50,51)52)59-44(49)34-28-20-17-16-18-24-30-40(46)32-26-22-21-25-31-39(45)29-23-6-4-2/h6,10-11,17-18,20-26,31-32,39-42,45-47H,3-5,7-9,12-16,19,27-30,33-38H2,1-2H3,(H,53,54)(H2,50,51,52)/b11-10-,20-17-,22-21-,23-6-,24-18-,31-25+,32-26+/t39-,40+,41-,42+/m0/s1. The number of ether oxygens (including phenoxy) is 2. The first kappa shape index (κ1) is 58.2. The lowest BCUT2D eigenvalue weighted by Crippen LogP contribution is -2.29. The van der Waals surface area contributed by atoms with Crippen LogP contribution in [0.1, 0.15) is 129 Å². The third-order valence-electron chi connectivity index (χ3n) is 8.44. The lowest BCUT2D eigenvalue weighted by Gasteiger charge is -2.20. The lowest BCUT2D eigenvalue weighted by atomic mass is 10.1. The van der Waals surface area contributed by atoms with E-state index < -0.39 is 78.4 Å². The molecule has 6 N–H and O–H groups in total. The van der Waals surface area contributed by atoms with Crippen molar-refractivity contribution in [3.8, 4) is 0 Å². The van der Waals surface area contributed by atoms with Crippen LogP contribution in [0.3, 0.4) is 0 Å². The number of hydrogen-bond acceptors (Lipinski definition) is 12. The molecule has 17 heteroatoms. The van der Waals surface area contributed by atoms with E-state index in [0.29, 0.717) is 32.1 Å². The summed E-state index contributed by atoms with van der Waals surface area (Å²) in [5.41, 5.74) is 0. The van der Waals surface area contributed by atoms with Crippen molar-refractivity contribution in [3.05, 3.63) is 85.1 Å². The first-order valence-electron chi connectivity index (χ1n) is 21.5. The number of aliphatic hydroxyl groups excluding tert-OH is 3. The molecule has 61 heavy (non-hydrogen) atoms. The maximum atomic E-state index is 12.6. The molecule has 0 amide bonds. The first-order valence-corrected chi connectivity index (χ1v) is 24.5. The number of allylic oxidation sites excluding steroid dienone is 10. The largest absolute Gasteiger partial charge is 0.472 e. The SMILES string of the molecule is CC/C=C\C[C@H](O)/C=C/C=C\C=C\[C@H](O)C/C=C\C/C=C\CCC(=O)O[C@H](COC(=O)CCCCCCC/C=C\CCCCCC)COP(=O)(O)OC[C@@H](O)COP(=O)(O)O. The Kier molecular flexibility index (Phi) is 37.1. The summed E-state index contributed by atoms with van der Waals surface area (Å²) in [5, 5.41) is 29.7. The van der Waals surface area contributed by atoms with Gasteiger partial charge in [0.2, 0.25) is 0 Å². The number of phosphoric ester groups is 2. The minimum atomic E-state index is -4.89. The van der Waals surface area contributed by atoms with Gasteiger partial charge in [0.15, 0.2) is 6.10 Å². The highest BCUT2D eigenvalue weighted by Gasteiger charge is 2.28. The number of aliphatic hydroxyl groups is 3. The zero-order valence-electron chi connectivity index (χ0n) is 36.2. The summed E-state index contributed by atoms with van der Waals surface area (Å²) in [5.74, 6) is -1.22. The second-order valence-corrected chi connectivity index (χ2v) is 17.0. The number of carbonyl (C=O) groups excluding carboxylic acids is 2. The molecule has 0 bridgehead atoms. The van der Waals surface area contributed by atoms with Crippen LogP contribution in [0.15, 0.2) is 85.1 Å². The Bertz CT molecular complexity index is 1430. The van der Waals surface area contributed by atoms with Gasteiger partial charge in [0.05, 0.1) is 32.0 Å². The molecule has 0 fully saturated rings. The smallest absolute Gasteiger partial charge is 0.462 e. The molecule has 0 aliphatic carbocycles. The third kappa shape index (κ3) is 42.3. The van der Waals surface area contributed by atoms with Gasteiger partial charge in [0.25, 0.3) is 0 Å². The molecule has 0 spiro atoms. The molecule has 1 unspecified atom stereocenters. The molecule has 0 rings (SSSR count). The molecule has 5 atom stereocenters. The van der Waals surface area contributed by atoms with Crippen molar-refractivity contribution in [1.82, 2.24) is 0 Å². The summed E-state index contributed by atoms with van der Waals surface area (Å²) >= 11 is 0. The number of esters is 2.